The van der Waals surface area contributed by atoms with E-state index in [4.69, 9.17) is 0 Å². The van der Waals surface area contributed by atoms with Crippen molar-refractivity contribution < 1.29 is 4.79 Å². The zero-order chi connectivity index (χ0) is 10.3. The number of rotatable bonds is 0. The minimum absolute atomic E-state index is 0.145. The molecule has 1 heterocycles. The summed E-state index contributed by atoms with van der Waals surface area (Å²) in [6.07, 6.45) is 0. The van der Waals surface area contributed by atoms with E-state index in [1.54, 1.807) is 0 Å². The molecule has 1 aliphatic rings. The van der Waals surface area contributed by atoms with Crippen LogP contribution in [0.25, 0.3) is 0 Å². The number of likely N-dealkylation sites (N-methyl/N-ethyl adjacent to an activating group) is 1. The zero-order valence-electron chi connectivity index (χ0n) is 8.82. The van der Waals surface area contributed by atoms with Crippen molar-refractivity contribution in [3.8, 4) is 0 Å². The van der Waals surface area contributed by atoms with Gasteiger partial charge in [0.15, 0.2) is 0 Å². The Balaban J connectivity index is 2.56. The molecule has 2 rings (SSSR count). The molecule has 1 amide bonds. The van der Waals surface area contributed by atoms with E-state index in [0.717, 1.165) is 5.56 Å². The first-order chi connectivity index (χ1) is 6.63. The Kier molecular flexibility index (Phi) is 2.06. The summed E-state index contributed by atoms with van der Waals surface area (Å²) in [5.74, 6) is 0.570. The van der Waals surface area contributed by atoms with Crippen LogP contribution in [-0.2, 0) is 0 Å². The maximum Gasteiger partial charge on any atom is 0.254 e. The summed E-state index contributed by atoms with van der Waals surface area (Å²) in [7, 11) is 1.87. The molecule has 0 saturated carbocycles. The van der Waals surface area contributed by atoms with E-state index >= 15 is 0 Å². The third-order valence-electron chi connectivity index (χ3n) is 3.34. The van der Waals surface area contributed by atoms with Gasteiger partial charge in [0.1, 0.15) is 0 Å². The first-order valence-corrected chi connectivity index (χ1v) is 4.99. The molecule has 74 valence electrons. The van der Waals surface area contributed by atoms with Gasteiger partial charge in [-0.15, -0.1) is 0 Å². The summed E-state index contributed by atoms with van der Waals surface area (Å²) < 4.78 is 0. The Morgan fingerprint density at radius 2 is 1.86 bits per heavy atom. The fourth-order valence-corrected chi connectivity index (χ4v) is 2.06. The molecule has 1 aliphatic heterocycles. The van der Waals surface area contributed by atoms with Crippen molar-refractivity contribution in [1.29, 1.82) is 0 Å². The second-order valence-electron chi connectivity index (χ2n) is 4.03. The first-order valence-electron chi connectivity index (χ1n) is 4.99. The zero-order valence-corrected chi connectivity index (χ0v) is 8.82. The minimum atomic E-state index is 0.145. The molecule has 14 heavy (non-hydrogen) atoms. The maximum absolute atomic E-state index is 11.9. The highest BCUT2D eigenvalue weighted by Gasteiger charge is 2.31. The Labute approximate surface area is 84.5 Å². The van der Waals surface area contributed by atoms with Crippen LogP contribution in [0.5, 0.6) is 0 Å². The van der Waals surface area contributed by atoms with Gasteiger partial charge in [0.2, 0.25) is 0 Å². The molecular weight excluding hydrogens is 174 g/mol. The molecule has 2 heteroatoms. The second-order valence-corrected chi connectivity index (χ2v) is 4.03. The molecule has 0 saturated heterocycles. The largest absolute Gasteiger partial charge is 0.338 e. The van der Waals surface area contributed by atoms with Crippen LogP contribution in [0.1, 0.15) is 35.7 Å². The van der Waals surface area contributed by atoms with Gasteiger partial charge < -0.3 is 4.90 Å². The Morgan fingerprint density at radius 3 is 2.57 bits per heavy atom. The standard InChI is InChI=1S/C12H15NO/c1-8-9(2)13(3)12(14)11-7-5-4-6-10(8)11/h4-9H,1-3H3. The number of carbonyl (C=O) groups excluding carboxylic acids is 1. The van der Waals surface area contributed by atoms with Crippen LogP contribution in [0, 0.1) is 0 Å². The minimum Gasteiger partial charge on any atom is -0.338 e. The van der Waals surface area contributed by atoms with E-state index < -0.39 is 0 Å². The van der Waals surface area contributed by atoms with Crippen molar-refractivity contribution in [3.05, 3.63) is 35.4 Å². The number of carbonyl (C=O) groups is 1. The molecular formula is C12H15NO. The van der Waals surface area contributed by atoms with Crippen molar-refractivity contribution >= 4 is 5.91 Å². The molecule has 0 aliphatic carbocycles. The van der Waals surface area contributed by atoms with Crippen molar-refractivity contribution in [2.75, 3.05) is 7.05 Å². The van der Waals surface area contributed by atoms with Gasteiger partial charge in [-0.3, -0.25) is 4.79 Å². The van der Waals surface area contributed by atoms with Crippen LogP contribution in [0.3, 0.4) is 0 Å². The molecule has 0 bridgehead atoms. The van der Waals surface area contributed by atoms with E-state index in [2.05, 4.69) is 19.9 Å². The molecule has 1 aromatic rings. The first kappa shape index (κ1) is 9.25. The van der Waals surface area contributed by atoms with Gasteiger partial charge in [-0.2, -0.15) is 0 Å². The Bertz CT molecular complexity index is 372. The quantitative estimate of drug-likeness (QED) is 0.613. The third-order valence-corrected chi connectivity index (χ3v) is 3.34. The summed E-state index contributed by atoms with van der Waals surface area (Å²) in [6, 6.07) is 8.18. The molecule has 2 atom stereocenters. The van der Waals surface area contributed by atoms with Crippen LogP contribution < -0.4 is 0 Å². The summed E-state index contributed by atoms with van der Waals surface area (Å²) in [5, 5.41) is 0. The monoisotopic (exact) mass is 189 g/mol. The molecule has 0 N–H and O–H groups in total. The van der Waals surface area contributed by atoms with Gasteiger partial charge in [0.05, 0.1) is 0 Å². The summed E-state index contributed by atoms with van der Waals surface area (Å²) in [4.78, 5) is 13.7. The highest BCUT2D eigenvalue weighted by molar-refractivity contribution is 5.97. The normalized spacial score (nSPS) is 26.2. The lowest BCUT2D eigenvalue weighted by Crippen LogP contribution is -2.43. The van der Waals surface area contributed by atoms with Gasteiger partial charge >= 0.3 is 0 Å². The van der Waals surface area contributed by atoms with Crippen molar-refractivity contribution in [2.24, 2.45) is 0 Å². The summed E-state index contributed by atoms with van der Waals surface area (Å²) in [5.41, 5.74) is 2.05. The van der Waals surface area contributed by atoms with Crippen molar-refractivity contribution in [3.63, 3.8) is 0 Å². The van der Waals surface area contributed by atoms with Gasteiger partial charge in [0.25, 0.3) is 5.91 Å². The number of amides is 1. The van der Waals surface area contributed by atoms with Gasteiger partial charge in [-0.25, -0.2) is 0 Å². The lowest BCUT2D eigenvalue weighted by molar-refractivity contribution is 0.0697. The molecule has 2 unspecified atom stereocenters. The number of fused-ring (bicyclic) bond motifs is 1. The summed E-state index contributed by atoms with van der Waals surface area (Å²) in [6.45, 7) is 4.27. The average molecular weight is 189 g/mol. The third kappa shape index (κ3) is 1.14. The van der Waals surface area contributed by atoms with Gasteiger partial charge in [-0.05, 0) is 18.6 Å². The van der Waals surface area contributed by atoms with Gasteiger partial charge in [0, 0.05) is 24.6 Å². The molecule has 0 fully saturated rings. The SMILES string of the molecule is CC1c2ccccc2C(=O)N(C)C1C. The molecule has 1 aromatic carbocycles. The van der Waals surface area contributed by atoms with Crippen LogP contribution in [0.4, 0.5) is 0 Å². The van der Waals surface area contributed by atoms with E-state index in [9.17, 15) is 4.79 Å². The van der Waals surface area contributed by atoms with Crippen LogP contribution in [0.15, 0.2) is 24.3 Å². The van der Waals surface area contributed by atoms with Crippen LogP contribution in [0.2, 0.25) is 0 Å². The lowest BCUT2D eigenvalue weighted by Gasteiger charge is -2.36. The van der Waals surface area contributed by atoms with Crippen molar-refractivity contribution in [1.82, 2.24) is 4.90 Å². The fraction of sp³-hybridized carbons (Fsp3) is 0.417. The fourth-order valence-electron chi connectivity index (χ4n) is 2.06. The maximum atomic E-state index is 11.9. The van der Waals surface area contributed by atoms with Crippen LogP contribution in [-0.4, -0.2) is 23.9 Å². The average Bonchev–Trinajstić information content (AvgIpc) is 2.23. The molecule has 0 aromatic heterocycles. The van der Waals surface area contributed by atoms with Gasteiger partial charge in [-0.1, -0.05) is 25.1 Å². The predicted molar refractivity (Wildman–Crippen MR) is 56.4 cm³/mol. The molecule has 0 radical (unpaired) electrons. The smallest absolute Gasteiger partial charge is 0.254 e. The van der Waals surface area contributed by atoms with E-state index in [1.807, 2.05) is 30.1 Å². The topological polar surface area (TPSA) is 20.3 Å². The number of nitrogens with zero attached hydrogens (tertiary/aromatic N) is 1. The van der Waals surface area contributed by atoms with E-state index in [1.165, 1.54) is 5.56 Å². The highest BCUT2D eigenvalue weighted by Crippen LogP contribution is 2.31. The molecule has 2 nitrogen and oxygen atoms in total. The number of benzene rings is 1. The molecule has 0 spiro atoms. The Hall–Kier alpha value is -1.31. The van der Waals surface area contributed by atoms with E-state index in [-0.39, 0.29) is 11.9 Å². The van der Waals surface area contributed by atoms with Crippen molar-refractivity contribution in [2.45, 2.75) is 25.8 Å². The highest BCUT2D eigenvalue weighted by atomic mass is 16.2. The second kappa shape index (κ2) is 3.12. The predicted octanol–water partition coefficient (Wildman–Crippen LogP) is 2.26. The number of hydrogen-bond donors (Lipinski definition) is 0. The summed E-state index contributed by atoms with van der Waals surface area (Å²) >= 11 is 0. The van der Waals surface area contributed by atoms with E-state index in [0.29, 0.717) is 5.92 Å². The lowest BCUT2D eigenvalue weighted by atomic mass is 9.85. The number of hydrogen-bond acceptors (Lipinski definition) is 1. The van der Waals surface area contributed by atoms with Crippen LogP contribution >= 0.6 is 0 Å². The Morgan fingerprint density at radius 1 is 1.21 bits per heavy atom.